The largest absolute Gasteiger partial charge is 0.353 e. The maximum Gasteiger partial charge on any atom is 0.217 e. The zero-order valence-electron chi connectivity index (χ0n) is 11.5. The lowest BCUT2D eigenvalue weighted by atomic mass is 9.84. The third-order valence-electron chi connectivity index (χ3n) is 2.98. The minimum absolute atomic E-state index is 0.0993. The summed E-state index contributed by atoms with van der Waals surface area (Å²) < 4.78 is 0. The molecule has 1 aliphatic rings. The van der Waals surface area contributed by atoms with Crippen LogP contribution < -0.4 is 10.6 Å². The van der Waals surface area contributed by atoms with Crippen molar-refractivity contribution in [2.75, 3.05) is 13.1 Å². The molecule has 0 spiro atoms. The van der Waals surface area contributed by atoms with Gasteiger partial charge in [-0.1, -0.05) is 27.7 Å². The zero-order chi connectivity index (χ0) is 12.6. The van der Waals surface area contributed by atoms with Crippen molar-refractivity contribution in [3.8, 4) is 0 Å². The van der Waals surface area contributed by atoms with E-state index in [-0.39, 0.29) is 5.91 Å². The van der Waals surface area contributed by atoms with Crippen molar-refractivity contribution < 1.29 is 4.79 Å². The van der Waals surface area contributed by atoms with Crippen molar-refractivity contribution in [3.63, 3.8) is 0 Å². The number of piperidine rings is 1. The lowest BCUT2D eigenvalue weighted by Gasteiger charge is -2.33. The predicted octanol–water partition coefficient (Wildman–Crippen LogP) is 2.17. The molecule has 0 aromatic heterocycles. The third-order valence-corrected chi connectivity index (χ3v) is 2.98. The van der Waals surface area contributed by atoms with Gasteiger partial charge in [0, 0.05) is 13.0 Å². The maximum absolute atomic E-state index is 11.1. The van der Waals surface area contributed by atoms with Gasteiger partial charge < -0.3 is 10.6 Å². The summed E-state index contributed by atoms with van der Waals surface area (Å²) in [7, 11) is 0. The van der Waals surface area contributed by atoms with Gasteiger partial charge in [-0.25, -0.2) is 0 Å². The molecule has 1 fully saturated rings. The molecule has 0 aromatic carbocycles. The first-order valence-corrected chi connectivity index (χ1v) is 6.59. The highest BCUT2D eigenvalue weighted by molar-refractivity contribution is 5.73. The van der Waals surface area contributed by atoms with Gasteiger partial charge in [-0.3, -0.25) is 4.79 Å². The van der Waals surface area contributed by atoms with Crippen LogP contribution in [0.15, 0.2) is 0 Å². The molecule has 0 saturated carbocycles. The Labute approximate surface area is 100 Å². The average Bonchev–Trinajstić information content (AvgIpc) is 2.29. The Kier molecular flexibility index (Phi) is 8.26. The van der Waals surface area contributed by atoms with E-state index in [9.17, 15) is 4.79 Å². The molecule has 3 heteroatoms. The van der Waals surface area contributed by atoms with Gasteiger partial charge in [0.05, 0.1) is 0 Å². The summed E-state index contributed by atoms with van der Waals surface area (Å²) >= 11 is 0. The minimum atomic E-state index is 0.0993. The van der Waals surface area contributed by atoms with E-state index in [2.05, 4.69) is 24.5 Å². The van der Waals surface area contributed by atoms with Gasteiger partial charge in [0.25, 0.3) is 0 Å². The van der Waals surface area contributed by atoms with E-state index in [1.54, 1.807) is 6.92 Å². The Morgan fingerprint density at radius 2 is 1.75 bits per heavy atom. The van der Waals surface area contributed by atoms with E-state index in [4.69, 9.17) is 0 Å². The Morgan fingerprint density at radius 3 is 2.12 bits per heavy atom. The Hall–Kier alpha value is -0.570. The number of rotatable bonds is 3. The van der Waals surface area contributed by atoms with Crippen LogP contribution in [0.25, 0.3) is 0 Å². The van der Waals surface area contributed by atoms with Crippen LogP contribution in [0, 0.1) is 11.8 Å². The van der Waals surface area contributed by atoms with Crippen LogP contribution in [0.3, 0.4) is 0 Å². The fourth-order valence-corrected chi connectivity index (χ4v) is 2.27. The molecule has 1 saturated heterocycles. The van der Waals surface area contributed by atoms with Crippen molar-refractivity contribution >= 4 is 5.91 Å². The molecule has 1 atom stereocenters. The highest BCUT2D eigenvalue weighted by Gasteiger charge is 2.26. The van der Waals surface area contributed by atoms with E-state index in [0.29, 0.717) is 17.9 Å². The number of hydrogen-bond acceptors (Lipinski definition) is 2. The molecule has 1 heterocycles. The standard InChI is InChI=1S/C11H22N2O.C2H6/c1-8(2)11(13-9(3)14)10-4-6-12-7-5-10;1-2/h8,10-12H,4-7H2,1-3H3,(H,13,14);1-2H3. The normalized spacial score (nSPS) is 18.6. The topological polar surface area (TPSA) is 41.1 Å². The van der Waals surface area contributed by atoms with Gasteiger partial charge >= 0.3 is 0 Å². The molecule has 3 nitrogen and oxygen atoms in total. The Bertz CT molecular complexity index is 186. The number of carbonyl (C=O) groups is 1. The summed E-state index contributed by atoms with van der Waals surface area (Å²) in [6.45, 7) is 12.2. The van der Waals surface area contributed by atoms with Crippen LogP contribution in [0.2, 0.25) is 0 Å². The maximum atomic E-state index is 11.1. The highest BCUT2D eigenvalue weighted by Crippen LogP contribution is 2.21. The van der Waals surface area contributed by atoms with Crippen molar-refractivity contribution in [1.82, 2.24) is 10.6 Å². The second-order valence-electron chi connectivity index (χ2n) is 4.56. The van der Waals surface area contributed by atoms with E-state index in [1.807, 2.05) is 13.8 Å². The highest BCUT2D eigenvalue weighted by atomic mass is 16.1. The van der Waals surface area contributed by atoms with Gasteiger partial charge in [-0.2, -0.15) is 0 Å². The van der Waals surface area contributed by atoms with E-state index < -0.39 is 0 Å². The average molecular weight is 228 g/mol. The predicted molar refractivity (Wildman–Crippen MR) is 69.4 cm³/mol. The van der Waals surface area contributed by atoms with E-state index in [0.717, 1.165) is 13.1 Å². The molecular formula is C13H28N2O. The molecule has 0 aromatic rings. The lowest BCUT2D eigenvalue weighted by Crippen LogP contribution is -2.46. The molecule has 1 rings (SSSR count). The quantitative estimate of drug-likeness (QED) is 0.777. The zero-order valence-corrected chi connectivity index (χ0v) is 11.5. The van der Waals surface area contributed by atoms with Crippen LogP contribution >= 0.6 is 0 Å². The number of hydrogen-bond donors (Lipinski definition) is 2. The van der Waals surface area contributed by atoms with Gasteiger partial charge in [0.1, 0.15) is 0 Å². The number of amides is 1. The number of carbonyl (C=O) groups excluding carboxylic acids is 1. The second-order valence-corrected chi connectivity index (χ2v) is 4.56. The van der Waals surface area contributed by atoms with Crippen LogP contribution in [-0.4, -0.2) is 25.0 Å². The molecule has 0 bridgehead atoms. The van der Waals surface area contributed by atoms with Gasteiger partial charge in [-0.15, -0.1) is 0 Å². The fourth-order valence-electron chi connectivity index (χ4n) is 2.27. The van der Waals surface area contributed by atoms with Gasteiger partial charge in [0.15, 0.2) is 0 Å². The Balaban J connectivity index is 0.00000106. The first kappa shape index (κ1) is 15.4. The van der Waals surface area contributed by atoms with E-state index in [1.165, 1.54) is 12.8 Å². The van der Waals surface area contributed by atoms with Gasteiger partial charge in [0.2, 0.25) is 5.91 Å². The summed E-state index contributed by atoms with van der Waals surface area (Å²) in [5, 5.41) is 6.43. The minimum Gasteiger partial charge on any atom is -0.353 e. The summed E-state index contributed by atoms with van der Waals surface area (Å²) in [4.78, 5) is 11.1. The van der Waals surface area contributed by atoms with Crippen molar-refractivity contribution in [2.24, 2.45) is 11.8 Å². The molecule has 1 unspecified atom stereocenters. The van der Waals surface area contributed by atoms with Crippen LogP contribution in [0.4, 0.5) is 0 Å². The van der Waals surface area contributed by atoms with Crippen molar-refractivity contribution in [1.29, 1.82) is 0 Å². The monoisotopic (exact) mass is 228 g/mol. The first-order valence-electron chi connectivity index (χ1n) is 6.59. The molecular weight excluding hydrogens is 200 g/mol. The SMILES string of the molecule is CC.CC(=O)NC(C(C)C)C1CCNCC1. The third kappa shape index (κ3) is 5.50. The number of nitrogens with one attached hydrogen (secondary N) is 2. The summed E-state index contributed by atoms with van der Waals surface area (Å²) in [6.07, 6.45) is 2.37. The molecule has 1 amide bonds. The van der Waals surface area contributed by atoms with E-state index >= 15 is 0 Å². The fraction of sp³-hybridized carbons (Fsp3) is 0.923. The summed E-state index contributed by atoms with van der Waals surface area (Å²) in [5.41, 5.74) is 0. The van der Waals surface area contributed by atoms with Crippen molar-refractivity contribution in [2.45, 2.75) is 53.5 Å². The molecule has 0 aliphatic carbocycles. The molecule has 2 N–H and O–H groups in total. The van der Waals surface area contributed by atoms with Crippen LogP contribution in [0.5, 0.6) is 0 Å². The van der Waals surface area contributed by atoms with Crippen LogP contribution in [-0.2, 0) is 4.79 Å². The Morgan fingerprint density at radius 1 is 1.25 bits per heavy atom. The van der Waals surface area contributed by atoms with Crippen LogP contribution in [0.1, 0.15) is 47.5 Å². The smallest absolute Gasteiger partial charge is 0.217 e. The molecule has 0 radical (unpaired) electrons. The van der Waals surface area contributed by atoms with Crippen molar-refractivity contribution in [3.05, 3.63) is 0 Å². The summed E-state index contributed by atoms with van der Waals surface area (Å²) in [6, 6.07) is 0.356. The summed E-state index contributed by atoms with van der Waals surface area (Å²) in [5.74, 6) is 1.28. The van der Waals surface area contributed by atoms with Gasteiger partial charge in [-0.05, 0) is 37.8 Å². The lowest BCUT2D eigenvalue weighted by molar-refractivity contribution is -0.120. The molecule has 1 aliphatic heterocycles. The molecule has 96 valence electrons. The second kappa shape index (κ2) is 8.57. The molecule has 16 heavy (non-hydrogen) atoms. The first-order chi connectivity index (χ1) is 7.61.